The van der Waals surface area contributed by atoms with Crippen molar-refractivity contribution in [2.75, 3.05) is 13.2 Å². The lowest BCUT2D eigenvalue weighted by Gasteiger charge is -2.05. The van der Waals surface area contributed by atoms with Gasteiger partial charge in [-0.15, -0.1) is 0 Å². The zero-order chi connectivity index (χ0) is 10.5. The Kier molecular flexibility index (Phi) is 3.36. The molecule has 0 saturated heterocycles. The van der Waals surface area contributed by atoms with Gasteiger partial charge in [-0.2, -0.15) is 0 Å². The van der Waals surface area contributed by atoms with Crippen molar-refractivity contribution in [2.45, 2.75) is 13.3 Å². The number of ether oxygens (including phenoxy) is 1. The van der Waals surface area contributed by atoms with E-state index in [0.717, 1.165) is 19.6 Å². The topological polar surface area (TPSA) is 9.23 Å². The Balaban J connectivity index is 2.26. The van der Waals surface area contributed by atoms with Crippen LogP contribution in [0.25, 0.3) is 10.8 Å². The molecule has 2 rings (SSSR count). The van der Waals surface area contributed by atoms with Crippen LogP contribution in [0.2, 0.25) is 0 Å². The van der Waals surface area contributed by atoms with Crippen LogP contribution >= 0.6 is 0 Å². The van der Waals surface area contributed by atoms with Gasteiger partial charge in [-0.25, -0.2) is 0 Å². The second-order valence-electron chi connectivity index (χ2n) is 3.49. The highest BCUT2D eigenvalue weighted by atomic mass is 16.5. The van der Waals surface area contributed by atoms with E-state index in [1.165, 1.54) is 16.3 Å². The molecule has 0 bridgehead atoms. The van der Waals surface area contributed by atoms with Gasteiger partial charge in [0, 0.05) is 6.61 Å². The fourth-order valence-electron chi connectivity index (χ4n) is 1.75. The second kappa shape index (κ2) is 4.94. The van der Waals surface area contributed by atoms with Crippen molar-refractivity contribution in [1.29, 1.82) is 0 Å². The number of rotatable bonds is 4. The van der Waals surface area contributed by atoms with Gasteiger partial charge in [-0.1, -0.05) is 36.4 Å². The van der Waals surface area contributed by atoms with Crippen molar-refractivity contribution < 1.29 is 4.74 Å². The minimum Gasteiger partial charge on any atom is -0.381 e. The van der Waals surface area contributed by atoms with Gasteiger partial charge in [0.2, 0.25) is 0 Å². The molecule has 1 nitrogen and oxygen atoms in total. The van der Waals surface area contributed by atoms with Crippen LogP contribution in [0.3, 0.4) is 0 Å². The molecule has 1 heteroatoms. The van der Waals surface area contributed by atoms with E-state index in [-0.39, 0.29) is 0 Å². The number of benzene rings is 2. The normalized spacial score (nSPS) is 10.7. The Hall–Kier alpha value is -1.34. The minimum atomic E-state index is 0.779. The van der Waals surface area contributed by atoms with Crippen molar-refractivity contribution in [2.24, 2.45) is 0 Å². The maximum absolute atomic E-state index is 5.37. The fraction of sp³-hybridized carbons (Fsp3) is 0.286. The monoisotopic (exact) mass is 199 g/mol. The van der Waals surface area contributed by atoms with Crippen molar-refractivity contribution in [3.05, 3.63) is 48.0 Å². The van der Waals surface area contributed by atoms with Crippen molar-refractivity contribution in [3.63, 3.8) is 0 Å². The molecule has 0 aliphatic rings. The Morgan fingerprint density at radius 1 is 1.20 bits per heavy atom. The standard InChI is InChI=1S/C14H15O/c1-2-15-11-10-13-8-5-7-12-6-3-4-9-14(12)13/h3-7,9H,2,10-11H2,1H3. The molecular formula is C14H15O. The SMILES string of the molecule is CCOCCc1[c]ccc2ccccc12. The molecule has 0 aliphatic heterocycles. The van der Waals surface area contributed by atoms with Crippen molar-refractivity contribution in [3.8, 4) is 0 Å². The molecule has 0 atom stereocenters. The van der Waals surface area contributed by atoms with Crippen LogP contribution in [0.15, 0.2) is 36.4 Å². The Morgan fingerprint density at radius 2 is 2.07 bits per heavy atom. The predicted molar refractivity (Wildman–Crippen MR) is 63.0 cm³/mol. The molecule has 0 fully saturated rings. The highest BCUT2D eigenvalue weighted by Crippen LogP contribution is 2.18. The Bertz CT molecular complexity index is 429. The van der Waals surface area contributed by atoms with Crippen LogP contribution in [0.4, 0.5) is 0 Å². The number of fused-ring (bicyclic) bond motifs is 1. The van der Waals surface area contributed by atoms with E-state index >= 15 is 0 Å². The fourth-order valence-corrected chi connectivity index (χ4v) is 1.75. The summed E-state index contributed by atoms with van der Waals surface area (Å²) in [6.07, 6.45) is 0.940. The van der Waals surface area contributed by atoms with E-state index in [1.54, 1.807) is 0 Å². The highest BCUT2D eigenvalue weighted by molar-refractivity contribution is 5.85. The summed E-state index contributed by atoms with van der Waals surface area (Å²) in [6, 6.07) is 15.8. The van der Waals surface area contributed by atoms with Gasteiger partial charge in [0.1, 0.15) is 0 Å². The summed E-state index contributed by atoms with van der Waals surface area (Å²) in [7, 11) is 0. The molecule has 0 N–H and O–H groups in total. The average Bonchev–Trinajstić information content (AvgIpc) is 2.30. The molecule has 0 heterocycles. The molecule has 0 aliphatic carbocycles. The van der Waals surface area contributed by atoms with Gasteiger partial charge in [0.15, 0.2) is 0 Å². The first-order chi connectivity index (χ1) is 7.42. The summed E-state index contributed by atoms with van der Waals surface area (Å²) >= 11 is 0. The van der Waals surface area contributed by atoms with Crippen LogP contribution < -0.4 is 0 Å². The summed E-state index contributed by atoms with van der Waals surface area (Å²) in [5.41, 5.74) is 1.25. The van der Waals surface area contributed by atoms with Crippen LogP contribution in [-0.4, -0.2) is 13.2 Å². The second-order valence-corrected chi connectivity index (χ2v) is 3.49. The van der Waals surface area contributed by atoms with Gasteiger partial charge in [-0.05, 0) is 35.7 Å². The first-order valence-corrected chi connectivity index (χ1v) is 5.38. The molecule has 0 aromatic heterocycles. The molecule has 0 saturated carbocycles. The summed E-state index contributed by atoms with van der Waals surface area (Å²) in [6.45, 7) is 3.58. The van der Waals surface area contributed by atoms with E-state index in [1.807, 2.05) is 13.0 Å². The van der Waals surface area contributed by atoms with Gasteiger partial charge in [0.05, 0.1) is 6.61 Å². The third-order valence-corrected chi connectivity index (χ3v) is 2.51. The summed E-state index contributed by atoms with van der Waals surface area (Å²) in [5.74, 6) is 0. The molecule has 0 unspecified atom stereocenters. The smallest absolute Gasteiger partial charge is 0.0506 e. The van der Waals surface area contributed by atoms with Gasteiger partial charge in [0.25, 0.3) is 0 Å². The molecule has 15 heavy (non-hydrogen) atoms. The molecule has 0 spiro atoms. The molecule has 77 valence electrons. The highest BCUT2D eigenvalue weighted by Gasteiger charge is 1.99. The van der Waals surface area contributed by atoms with Crippen LogP contribution in [-0.2, 0) is 11.2 Å². The van der Waals surface area contributed by atoms with E-state index in [9.17, 15) is 0 Å². The quantitative estimate of drug-likeness (QED) is 0.687. The first-order valence-electron chi connectivity index (χ1n) is 5.38. The van der Waals surface area contributed by atoms with Gasteiger partial charge < -0.3 is 4.74 Å². The lowest BCUT2D eigenvalue weighted by Crippen LogP contribution is -1.98. The largest absolute Gasteiger partial charge is 0.381 e. The molecule has 2 aromatic carbocycles. The lowest BCUT2D eigenvalue weighted by atomic mass is 10.0. The summed E-state index contributed by atoms with van der Waals surface area (Å²) in [4.78, 5) is 0. The van der Waals surface area contributed by atoms with E-state index in [0.29, 0.717) is 0 Å². The average molecular weight is 199 g/mol. The third-order valence-electron chi connectivity index (χ3n) is 2.51. The lowest BCUT2D eigenvalue weighted by molar-refractivity contribution is 0.151. The molecular weight excluding hydrogens is 184 g/mol. The van der Waals surface area contributed by atoms with E-state index in [4.69, 9.17) is 4.74 Å². The van der Waals surface area contributed by atoms with Crippen molar-refractivity contribution >= 4 is 10.8 Å². The maximum atomic E-state index is 5.37. The molecule has 2 aromatic rings. The van der Waals surface area contributed by atoms with Crippen LogP contribution in [0, 0.1) is 6.07 Å². The van der Waals surface area contributed by atoms with E-state index in [2.05, 4.69) is 36.4 Å². The Morgan fingerprint density at radius 3 is 2.93 bits per heavy atom. The zero-order valence-electron chi connectivity index (χ0n) is 8.99. The summed E-state index contributed by atoms with van der Waals surface area (Å²) in [5, 5.41) is 2.57. The van der Waals surface area contributed by atoms with Crippen LogP contribution in [0.1, 0.15) is 12.5 Å². The number of hydrogen-bond acceptors (Lipinski definition) is 1. The zero-order valence-corrected chi connectivity index (χ0v) is 8.99. The molecule has 1 radical (unpaired) electrons. The number of hydrogen-bond donors (Lipinski definition) is 0. The van der Waals surface area contributed by atoms with Crippen LogP contribution in [0.5, 0.6) is 0 Å². The predicted octanol–water partition coefficient (Wildman–Crippen LogP) is 3.22. The van der Waals surface area contributed by atoms with Gasteiger partial charge >= 0.3 is 0 Å². The molecule has 0 amide bonds. The van der Waals surface area contributed by atoms with Gasteiger partial charge in [-0.3, -0.25) is 0 Å². The van der Waals surface area contributed by atoms with Crippen molar-refractivity contribution in [1.82, 2.24) is 0 Å². The van der Waals surface area contributed by atoms with E-state index < -0.39 is 0 Å². The third kappa shape index (κ3) is 2.37. The summed E-state index contributed by atoms with van der Waals surface area (Å²) < 4.78 is 5.37. The Labute approximate surface area is 90.7 Å². The maximum Gasteiger partial charge on any atom is 0.0506 e. The minimum absolute atomic E-state index is 0.779. The first kappa shape index (κ1) is 10.2.